The number of hydrogen-bond donors (Lipinski definition) is 4. The molecule has 0 fully saturated rings. The first kappa shape index (κ1) is 34.4. The van der Waals surface area contributed by atoms with Gasteiger partial charge in [-0.1, -0.05) is 6.92 Å². The highest BCUT2D eigenvalue weighted by Gasteiger charge is 2.34. The second-order valence-corrected chi connectivity index (χ2v) is 13.9. The van der Waals surface area contributed by atoms with Crippen LogP contribution in [0.15, 0.2) is 58.8 Å². The highest BCUT2D eigenvalue weighted by molar-refractivity contribution is 7.89. The molecule has 15 heteroatoms. The third-order valence-corrected chi connectivity index (χ3v) is 10.5. The van der Waals surface area contributed by atoms with Crippen LogP contribution in [0.25, 0.3) is 0 Å². The molecule has 244 valence electrons. The first-order valence-electron chi connectivity index (χ1n) is 14.4. The fourth-order valence-corrected chi connectivity index (χ4v) is 7.27. The van der Waals surface area contributed by atoms with Crippen LogP contribution in [0.4, 0.5) is 16.2 Å². The zero-order chi connectivity index (χ0) is 33.6. The third kappa shape index (κ3) is 8.01. The van der Waals surface area contributed by atoms with Gasteiger partial charge in [-0.15, -0.1) is 11.3 Å². The first-order chi connectivity index (χ1) is 21.9. The zero-order valence-electron chi connectivity index (χ0n) is 25.8. The van der Waals surface area contributed by atoms with Crippen molar-refractivity contribution in [2.45, 2.75) is 37.3 Å². The number of nitrogens with one attached hydrogen (secondary N) is 3. The Morgan fingerprint density at radius 2 is 1.85 bits per heavy atom. The molecule has 4 rings (SSSR count). The van der Waals surface area contributed by atoms with Crippen LogP contribution in [0.5, 0.6) is 5.75 Å². The van der Waals surface area contributed by atoms with Gasteiger partial charge in [0.1, 0.15) is 11.9 Å². The number of carbonyl (C=O) groups is 3. The summed E-state index contributed by atoms with van der Waals surface area (Å²) in [6, 6.07) is 13.5. The molecule has 3 aromatic rings. The van der Waals surface area contributed by atoms with E-state index in [4.69, 9.17) is 10.00 Å². The summed E-state index contributed by atoms with van der Waals surface area (Å²) in [7, 11) is -1.10. The molecule has 4 amide bonds. The van der Waals surface area contributed by atoms with Crippen LogP contribution in [-0.2, 0) is 21.2 Å². The van der Waals surface area contributed by atoms with Crippen molar-refractivity contribution in [1.82, 2.24) is 14.5 Å². The van der Waals surface area contributed by atoms with E-state index in [1.54, 1.807) is 54.3 Å². The fourth-order valence-electron chi connectivity index (χ4n) is 4.87. The van der Waals surface area contributed by atoms with E-state index in [1.807, 2.05) is 13.0 Å². The van der Waals surface area contributed by atoms with Gasteiger partial charge in [-0.05, 0) is 55.5 Å². The minimum Gasteiger partial charge on any atom is -0.488 e. The molecule has 4 N–H and O–H groups in total. The second-order valence-electron chi connectivity index (χ2n) is 11.0. The van der Waals surface area contributed by atoms with Gasteiger partial charge in [0.25, 0.3) is 5.91 Å². The molecule has 0 radical (unpaired) electrons. The number of urea groups is 1. The van der Waals surface area contributed by atoms with E-state index >= 15 is 0 Å². The maximum Gasteiger partial charge on any atom is 0.323 e. The molecular formula is C31H36N6O7S2. The van der Waals surface area contributed by atoms with E-state index in [0.29, 0.717) is 28.3 Å². The number of rotatable bonds is 9. The molecule has 1 aromatic heterocycles. The average Bonchev–Trinajstić information content (AvgIpc) is 3.56. The maximum absolute atomic E-state index is 13.5. The number of likely N-dealkylation sites (N-methyl/N-ethyl adjacent to an activating group) is 1. The Balaban J connectivity index is 1.60. The lowest BCUT2D eigenvalue weighted by Crippen LogP contribution is -2.48. The van der Waals surface area contributed by atoms with Crippen molar-refractivity contribution in [3.63, 3.8) is 0 Å². The minimum atomic E-state index is -3.99. The van der Waals surface area contributed by atoms with Crippen LogP contribution in [-0.4, -0.2) is 86.5 Å². The summed E-state index contributed by atoms with van der Waals surface area (Å²) >= 11 is 1.02. The smallest absolute Gasteiger partial charge is 0.323 e. The fraction of sp³-hybridized carbons (Fsp3) is 0.355. The van der Waals surface area contributed by atoms with Crippen molar-refractivity contribution >= 4 is 50.6 Å². The molecule has 3 atom stereocenters. The Kier molecular flexibility index (Phi) is 11.0. The van der Waals surface area contributed by atoms with E-state index in [-0.39, 0.29) is 53.6 Å². The Labute approximate surface area is 271 Å². The number of anilines is 2. The van der Waals surface area contributed by atoms with Crippen LogP contribution in [0, 0.1) is 17.2 Å². The number of nitriles is 1. The number of sulfonamides is 1. The van der Waals surface area contributed by atoms with Gasteiger partial charge >= 0.3 is 6.03 Å². The Morgan fingerprint density at radius 3 is 2.50 bits per heavy atom. The number of benzene rings is 2. The third-order valence-electron chi connectivity index (χ3n) is 7.62. The van der Waals surface area contributed by atoms with Crippen molar-refractivity contribution in [1.29, 1.82) is 5.26 Å². The number of hydrogen-bond acceptors (Lipinski definition) is 9. The Hall–Kier alpha value is -4.49. The molecule has 0 bridgehead atoms. The van der Waals surface area contributed by atoms with Crippen molar-refractivity contribution in [2.24, 2.45) is 5.92 Å². The summed E-state index contributed by atoms with van der Waals surface area (Å²) in [5.41, 5.74) is 1.79. The summed E-state index contributed by atoms with van der Waals surface area (Å²) in [5, 5.41) is 28.2. The number of aliphatic hydroxyl groups excluding tert-OH is 1. The van der Waals surface area contributed by atoms with Gasteiger partial charge in [-0.3, -0.25) is 9.59 Å². The number of nitrogens with zero attached hydrogens (tertiary/aromatic N) is 3. The Bertz CT molecular complexity index is 1740. The first-order valence-corrected chi connectivity index (χ1v) is 16.7. The van der Waals surface area contributed by atoms with E-state index in [0.717, 1.165) is 15.6 Å². The van der Waals surface area contributed by atoms with E-state index in [9.17, 15) is 27.9 Å². The summed E-state index contributed by atoms with van der Waals surface area (Å²) in [5.74, 6) is -0.659. The lowest BCUT2D eigenvalue weighted by Gasteiger charge is -2.33. The molecule has 1 aliphatic heterocycles. The van der Waals surface area contributed by atoms with Gasteiger partial charge in [0.2, 0.25) is 15.9 Å². The van der Waals surface area contributed by atoms with Crippen molar-refractivity contribution < 1.29 is 32.6 Å². The van der Waals surface area contributed by atoms with E-state index in [1.165, 1.54) is 25.5 Å². The second kappa shape index (κ2) is 14.7. The van der Waals surface area contributed by atoms with Crippen molar-refractivity contribution in [2.75, 3.05) is 44.4 Å². The summed E-state index contributed by atoms with van der Waals surface area (Å²) in [4.78, 5) is 40.0. The van der Waals surface area contributed by atoms with Gasteiger partial charge in [0, 0.05) is 48.9 Å². The van der Waals surface area contributed by atoms with E-state index < -0.39 is 28.2 Å². The van der Waals surface area contributed by atoms with Gasteiger partial charge in [-0.25, -0.2) is 13.2 Å². The monoisotopic (exact) mass is 668 g/mol. The van der Waals surface area contributed by atoms with Gasteiger partial charge in [0.05, 0.1) is 47.0 Å². The molecule has 0 aliphatic carbocycles. The van der Waals surface area contributed by atoms with Crippen molar-refractivity contribution in [3.8, 4) is 11.8 Å². The lowest BCUT2D eigenvalue weighted by atomic mass is 10.0. The van der Waals surface area contributed by atoms with Crippen LogP contribution in [0.2, 0.25) is 0 Å². The number of ether oxygens (including phenoxy) is 1. The van der Waals surface area contributed by atoms with Crippen molar-refractivity contribution in [3.05, 3.63) is 69.9 Å². The summed E-state index contributed by atoms with van der Waals surface area (Å²) in [6.07, 6.45) is -0.801. The number of amides is 4. The van der Waals surface area contributed by atoms with Gasteiger partial charge in [0.15, 0.2) is 0 Å². The zero-order valence-corrected chi connectivity index (χ0v) is 27.4. The molecule has 2 aromatic carbocycles. The lowest BCUT2D eigenvalue weighted by molar-refractivity contribution is -0.134. The molecule has 0 saturated carbocycles. The van der Waals surface area contributed by atoms with Gasteiger partial charge in [-0.2, -0.15) is 9.57 Å². The molecule has 0 spiro atoms. The quantitative estimate of drug-likeness (QED) is 0.268. The SMILES string of the molecule is CNC(=O)c1cc(S(=O)(=O)N(C)C[C@@H]2Oc3ccc(NC(=O)Nc4ccc(C#N)cc4)cc3CC(=O)N([C@@H](C)CO)C[C@@H]2C)cs1. The van der Waals surface area contributed by atoms with Crippen LogP contribution in [0.1, 0.15) is 34.6 Å². The minimum absolute atomic E-state index is 0.0181. The topological polar surface area (TPSA) is 181 Å². The molecular weight excluding hydrogens is 633 g/mol. The van der Waals surface area contributed by atoms with E-state index in [2.05, 4.69) is 16.0 Å². The van der Waals surface area contributed by atoms with Gasteiger partial charge < -0.3 is 30.7 Å². The Morgan fingerprint density at radius 1 is 1.17 bits per heavy atom. The predicted molar refractivity (Wildman–Crippen MR) is 173 cm³/mol. The molecule has 0 unspecified atom stereocenters. The highest BCUT2D eigenvalue weighted by Crippen LogP contribution is 2.30. The molecule has 2 heterocycles. The van der Waals surface area contributed by atoms with Crippen LogP contribution in [0.3, 0.4) is 0 Å². The maximum atomic E-state index is 13.5. The largest absolute Gasteiger partial charge is 0.488 e. The summed E-state index contributed by atoms with van der Waals surface area (Å²) in [6.45, 7) is 3.43. The molecule has 46 heavy (non-hydrogen) atoms. The average molecular weight is 669 g/mol. The summed E-state index contributed by atoms with van der Waals surface area (Å²) < 4.78 is 34.5. The van der Waals surface area contributed by atoms with Crippen LogP contribution >= 0.6 is 11.3 Å². The predicted octanol–water partition coefficient (Wildman–Crippen LogP) is 3.09. The number of carbonyl (C=O) groups excluding carboxylic acids is 3. The number of aliphatic hydroxyl groups is 1. The standard InChI is InChI=1S/C31H36N6O7S2/c1-19-15-37(20(2)17-38)29(39)12-22-11-24(35-31(41)34-23-7-5-21(14-32)6-8-23)9-10-26(22)44-27(19)16-36(4)46(42,43)25-13-28(45-18-25)30(40)33-3/h5-11,13,18-20,27,38H,12,15-17H2,1-4H3,(H,33,40)(H2,34,35,41)/t19-,20-,27-/m0/s1. The number of thiophene rings is 1. The molecule has 0 saturated heterocycles. The highest BCUT2D eigenvalue weighted by atomic mass is 32.2. The molecule has 13 nitrogen and oxygen atoms in total. The normalized spacial score (nSPS) is 17.4. The number of fused-ring (bicyclic) bond motifs is 1. The van der Waals surface area contributed by atoms with Crippen LogP contribution < -0.4 is 20.7 Å². The molecule has 1 aliphatic rings.